The fourth-order valence-electron chi connectivity index (χ4n) is 5.45. The molecule has 0 bridgehead atoms. The van der Waals surface area contributed by atoms with Crippen molar-refractivity contribution in [3.63, 3.8) is 0 Å². The molecule has 4 aromatic carbocycles. The van der Waals surface area contributed by atoms with Crippen molar-refractivity contribution in [2.75, 3.05) is 13.2 Å². The van der Waals surface area contributed by atoms with Crippen LogP contribution < -0.4 is 24.4 Å². The molecule has 1 aliphatic rings. The third-order valence-corrected chi connectivity index (χ3v) is 9.24. The van der Waals surface area contributed by atoms with Gasteiger partial charge in [0.25, 0.3) is 5.56 Å². The Labute approximate surface area is 278 Å². The van der Waals surface area contributed by atoms with E-state index in [0.717, 1.165) is 25.6 Å². The van der Waals surface area contributed by atoms with Crippen LogP contribution in [0.25, 0.3) is 16.8 Å². The number of nitrogens with zero attached hydrogens (tertiary/aromatic N) is 2. The number of hydrogen-bond donors (Lipinski definition) is 0. The molecule has 0 fully saturated rings. The Morgan fingerprint density at radius 1 is 0.956 bits per heavy atom. The van der Waals surface area contributed by atoms with Crippen LogP contribution in [0.2, 0.25) is 0 Å². The number of aromatic nitrogens is 1. The summed E-state index contributed by atoms with van der Waals surface area (Å²) < 4.78 is 20.7. The van der Waals surface area contributed by atoms with Crippen LogP contribution in [-0.4, -0.2) is 23.8 Å². The van der Waals surface area contributed by atoms with Crippen LogP contribution in [0.4, 0.5) is 0 Å². The van der Waals surface area contributed by atoms with Crippen molar-refractivity contribution in [3.05, 3.63) is 136 Å². The first-order chi connectivity index (χ1) is 21.9. The molecule has 7 nitrogen and oxygen atoms in total. The summed E-state index contributed by atoms with van der Waals surface area (Å²) in [6, 6.07) is 27.3. The Bertz CT molecular complexity index is 2120. The van der Waals surface area contributed by atoms with Gasteiger partial charge in [-0.1, -0.05) is 78.1 Å². The molecule has 6 rings (SSSR count). The average molecular weight is 731 g/mol. The molecular weight excluding hydrogens is 699 g/mol. The Morgan fingerprint density at radius 3 is 2.47 bits per heavy atom. The molecule has 5 aromatic rings. The summed E-state index contributed by atoms with van der Waals surface area (Å²) in [5, 5.41) is 2.34. The lowest BCUT2D eigenvalue weighted by molar-refractivity contribution is -0.139. The van der Waals surface area contributed by atoms with Crippen LogP contribution in [0.15, 0.2) is 106 Å². The minimum Gasteiger partial charge on any atom is -0.490 e. The molecular formula is C36H31IN2O5S. The zero-order valence-corrected chi connectivity index (χ0v) is 28.1. The standard InChI is InChI=1S/C36H31IN2O5S/c1-4-42-29-19-24(18-28(37)33(29)44-21-23-15-16-25-11-9-10-14-27(25)17-23)20-30-34(40)39-32(26-12-7-6-8-13-26)31(35(41)43-5-2)22(3)38-36(39)45-30/h6-20,32H,4-5,21H2,1-3H3/b30-20+/t32-/m1/s1. The predicted octanol–water partition coefficient (Wildman–Crippen LogP) is 6.53. The van der Waals surface area contributed by atoms with Gasteiger partial charge in [-0.15, -0.1) is 0 Å². The van der Waals surface area contributed by atoms with E-state index in [2.05, 4.69) is 57.9 Å². The van der Waals surface area contributed by atoms with Gasteiger partial charge in [0.15, 0.2) is 16.3 Å². The first kappa shape index (κ1) is 30.8. The topological polar surface area (TPSA) is 79.1 Å². The van der Waals surface area contributed by atoms with Gasteiger partial charge in [0, 0.05) is 0 Å². The van der Waals surface area contributed by atoms with E-state index in [-0.39, 0.29) is 12.2 Å². The van der Waals surface area contributed by atoms with Crippen LogP contribution in [0, 0.1) is 3.57 Å². The minimum atomic E-state index is -0.645. The first-order valence-corrected chi connectivity index (χ1v) is 16.6. The van der Waals surface area contributed by atoms with E-state index in [1.165, 1.54) is 16.7 Å². The highest BCUT2D eigenvalue weighted by Gasteiger charge is 2.33. The summed E-state index contributed by atoms with van der Waals surface area (Å²) in [6.45, 7) is 6.55. The summed E-state index contributed by atoms with van der Waals surface area (Å²) in [5.41, 5.74) is 3.33. The highest BCUT2D eigenvalue weighted by atomic mass is 127. The van der Waals surface area contributed by atoms with E-state index in [1.807, 2.05) is 67.6 Å². The van der Waals surface area contributed by atoms with E-state index in [9.17, 15) is 9.59 Å². The Balaban J connectivity index is 1.38. The number of carbonyl (C=O) groups is 1. The number of benzene rings is 4. The van der Waals surface area contributed by atoms with E-state index >= 15 is 0 Å². The van der Waals surface area contributed by atoms with Gasteiger partial charge in [0.2, 0.25) is 0 Å². The number of thiazole rings is 1. The number of halogens is 1. The molecule has 0 amide bonds. The van der Waals surface area contributed by atoms with Gasteiger partial charge in [-0.3, -0.25) is 9.36 Å². The average Bonchev–Trinajstić information content (AvgIpc) is 3.34. The number of fused-ring (bicyclic) bond motifs is 2. The first-order valence-electron chi connectivity index (χ1n) is 14.7. The van der Waals surface area contributed by atoms with E-state index in [0.29, 0.717) is 45.3 Å². The summed E-state index contributed by atoms with van der Waals surface area (Å²) in [7, 11) is 0. The van der Waals surface area contributed by atoms with E-state index in [4.69, 9.17) is 14.2 Å². The predicted molar refractivity (Wildman–Crippen MR) is 185 cm³/mol. The van der Waals surface area contributed by atoms with Crippen LogP contribution in [0.1, 0.15) is 43.5 Å². The maximum atomic E-state index is 14.0. The Kier molecular flexibility index (Phi) is 9.18. The molecule has 0 unspecified atom stereocenters. The maximum absolute atomic E-state index is 14.0. The summed E-state index contributed by atoms with van der Waals surface area (Å²) in [4.78, 5) is 32.3. The van der Waals surface area contributed by atoms with Gasteiger partial charge < -0.3 is 14.2 Å². The zero-order chi connectivity index (χ0) is 31.5. The number of esters is 1. The number of hydrogen-bond acceptors (Lipinski definition) is 7. The molecule has 2 heterocycles. The third kappa shape index (κ3) is 6.32. The number of ether oxygens (including phenoxy) is 3. The van der Waals surface area contributed by atoms with Gasteiger partial charge in [-0.2, -0.15) is 0 Å². The van der Waals surface area contributed by atoms with Gasteiger partial charge in [0.05, 0.1) is 38.6 Å². The highest BCUT2D eigenvalue weighted by molar-refractivity contribution is 14.1. The third-order valence-electron chi connectivity index (χ3n) is 7.46. The fraction of sp³-hybridized carbons (Fsp3) is 0.194. The van der Waals surface area contributed by atoms with Gasteiger partial charge in [0.1, 0.15) is 6.61 Å². The summed E-state index contributed by atoms with van der Waals surface area (Å²) >= 11 is 3.54. The van der Waals surface area contributed by atoms with Crippen LogP contribution in [0.5, 0.6) is 11.5 Å². The Morgan fingerprint density at radius 2 is 1.71 bits per heavy atom. The molecule has 9 heteroatoms. The molecule has 1 aliphatic heterocycles. The number of allylic oxidation sites excluding steroid dienone is 1. The van der Waals surface area contributed by atoms with Gasteiger partial charge in [-0.25, -0.2) is 9.79 Å². The van der Waals surface area contributed by atoms with Gasteiger partial charge >= 0.3 is 5.97 Å². The zero-order valence-electron chi connectivity index (χ0n) is 25.1. The van der Waals surface area contributed by atoms with Crippen molar-refractivity contribution in [1.82, 2.24) is 4.57 Å². The highest BCUT2D eigenvalue weighted by Crippen LogP contribution is 2.35. The molecule has 0 aliphatic carbocycles. The second-order valence-electron chi connectivity index (χ2n) is 10.4. The maximum Gasteiger partial charge on any atom is 0.338 e. The molecule has 0 saturated heterocycles. The summed E-state index contributed by atoms with van der Waals surface area (Å²) in [5.74, 6) is 0.784. The minimum absolute atomic E-state index is 0.226. The van der Waals surface area contributed by atoms with Gasteiger partial charge in [-0.05, 0) is 95.1 Å². The lowest BCUT2D eigenvalue weighted by atomic mass is 9.96. The van der Waals surface area contributed by atoms with Crippen molar-refractivity contribution in [1.29, 1.82) is 0 Å². The largest absolute Gasteiger partial charge is 0.490 e. The van der Waals surface area contributed by atoms with Crippen LogP contribution in [0.3, 0.4) is 0 Å². The van der Waals surface area contributed by atoms with Crippen molar-refractivity contribution < 1.29 is 19.0 Å². The quantitative estimate of drug-likeness (QED) is 0.127. The lowest BCUT2D eigenvalue weighted by Crippen LogP contribution is -2.39. The van der Waals surface area contributed by atoms with Crippen LogP contribution >= 0.6 is 33.9 Å². The normalized spacial score (nSPS) is 14.7. The molecule has 0 radical (unpaired) electrons. The fourth-order valence-corrected chi connectivity index (χ4v) is 7.28. The van der Waals surface area contributed by atoms with E-state index in [1.54, 1.807) is 18.4 Å². The second-order valence-corrected chi connectivity index (χ2v) is 12.6. The molecule has 0 saturated carbocycles. The van der Waals surface area contributed by atoms with Crippen molar-refractivity contribution in [2.24, 2.45) is 4.99 Å². The molecule has 45 heavy (non-hydrogen) atoms. The summed E-state index contributed by atoms with van der Waals surface area (Å²) in [6.07, 6.45) is 1.84. The Hall–Kier alpha value is -4.22. The van der Waals surface area contributed by atoms with Crippen molar-refractivity contribution in [3.8, 4) is 11.5 Å². The molecule has 1 atom stereocenters. The number of rotatable bonds is 9. The second kappa shape index (κ2) is 13.4. The molecule has 1 aromatic heterocycles. The van der Waals surface area contributed by atoms with Crippen LogP contribution in [-0.2, 0) is 16.1 Å². The van der Waals surface area contributed by atoms with E-state index < -0.39 is 12.0 Å². The van der Waals surface area contributed by atoms with Crippen molar-refractivity contribution >= 4 is 56.7 Å². The van der Waals surface area contributed by atoms with Crippen molar-refractivity contribution in [2.45, 2.75) is 33.4 Å². The number of carbonyl (C=O) groups excluding carboxylic acids is 1. The molecule has 228 valence electrons. The lowest BCUT2D eigenvalue weighted by Gasteiger charge is -2.24. The molecule has 0 spiro atoms. The SMILES string of the molecule is CCOC(=O)C1=C(C)N=c2s/c(=C/c3cc(I)c(OCc4ccc5ccccc5c4)c(OCC)c3)c(=O)n2[C@@H]1c1ccccc1. The monoisotopic (exact) mass is 730 g/mol. The smallest absolute Gasteiger partial charge is 0.338 e. The molecule has 0 N–H and O–H groups in total.